The quantitative estimate of drug-likeness (QED) is 0.878. The zero-order valence-corrected chi connectivity index (χ0v) is 11.5. The van der Waals surface area contributed by atoms with Crippen molar-refractivity contribution in [2.45, 2.75) is 18.7 Å². The van der Waals surface area contributed by atoms with Crippen LogP contribution in [0.5, 0.6) is 0 Å². The molecule has 0 aliphatic heterocycles. The van der Waals surface area contributed by atoms with Crippen molar-refractivity contribution in [3.8, 4) is 0 Å². The first kappa shape index (κ1) is 14.8. The van der Waals surface area contributed by atoms with Gasteiger partial charge in [0.2, 0.25) is 5.60 Å². The van der Waals surface area contributed by atoms with Crippen molar-refractivity contribution >= 4 is 16.9 Å². The SMILES string of the molecule is CC(=C[C@@](O)(c1cccs1)C(F)(F)F)c1ccccc1. The van der Waals surface area contributed by atoms with Gasteiger partial charge in [-0.1, -0.05) is 36.4 Å². The summed E-state index contributed by atoms with van der Waals surface area (Å²) in [7, 11) is 0. The summed E-state index contributed by atoms with van der Waals surface area (Å²) in [6.07, 6.45) is -3.90. The molecule has 2 rings (SSSR count). The number of allylic oxidation sites excluding steroid dienone is 1. The highest BCUT2D eigenvalue weighted by Crippen LogP contribution is 2.43. The van der Waals surface area contributed by atoms with Crippen LogP contribution in [-0.2, 0) is 5.60 Å². The molecule has 1 aromatic carbocycles. The molecule has 0 spiro atoms. The number of rotatable bonds is 3. The maximum absolute atomic E-state index is 13.3. The van der Waals surface area contributed by atoms with Crippen molar-refractivity contribution < 1.29 is 18.3 Å². The summed E-state index contributed by atoms with van der Waals surface area (Å²) in [5.41, 5.74) is -1.94. The van der Waals surface area contributed by atoms with Crippen molar-refractivity contribution in [2.24, 2.45) is 0 Å². The second-order valence-electron chi connectivity index (χ2n) is 4.43. The van der Waals surface area contributed by atoms with Crippen LogP contribution in [0.25, 0.3) is 5.57 Å². The highest BCUT2D eigenvalue weighted by atomic mass is 32.1. The molecule has 0 saturated heterocycles. The van der Waals surface area contributed by atoms with E-state index in [1.807, 2.05) is 0 Å². The highest BCUT2D eigenvalue weighted by Gasteiger charge is 2.54. The molecule has 20 heavy (non-hydrogen) atoms. The van der Waals surface area contributed by atoms with Crippen molar-refractivity contribution in [1.82, 2.24) is 0 Å². The standard InChI is InChI=1S/C15H13F3OS/c1-11(12-6-3-2-4-7-12)10-14(19,15(16,17)18)13-8-5-9-20-13/h2-10,19H,1H3/t14-/m1/s1. The number of aliphatic hydroxyl groups is 1. The summed E-state index contributed by atoms with van der Waals surface area (Å²) >= 11 is 0.879. The number of alkyl halides is 3. The second kappa shape index (κ2) is 5.42. The topological polar surface area (TPSA) is 20.2 Å². The molecule has 0 unspecified atom stereocenters. The van der Waals surface area contributed by atoms with Crippen LogP contribution >= 0.6 is 11.3 Å². The molecule has 0 aliphatic carbocycles. The van der Waals surface area contributed by atoms with Gasteiger partial charge in [0.05, 0.1) is 0 Å². The molecule has 106 valence electrons. The molecule has 1 N–H and O–H groups in total. The fourth-order valence-electron chi connectivity index (χ4n) is 1.89. The van der Waals surface area contributed by atoms with Gasteiger partial charge >= 0.3 is 6.18 Å². The Morgan fingerprint density at radius 1 is 1.10 bits per heavy atom. The first-order chi connectivity index (χ1) is 9.34. The van der Waals surface area contributed by atoms with E-state index in [2.05, 4.69) is 0 Å². The van der Waals surface area contributed by atoms with Crippen molar-refractivity contribution in [3.63, 3.8) is 0 Å². The van der Waals surface area contributed by atoms with Crippen LogP contribution in [-0.4, -0.2) is 11.3 Å². The van der Waals surface area contributed by atoms with E-state index < -0.39 is 11.8 Å². The number of hydrogen-bond acceptors (Lipinski definition) is 2. The van der Waals surface area contributed by atoms with Crippen LogP contribution in [0.2, 0.25) is 0 Å². The summed E-state index contributed by atoms with van der Waals surface area (Å²) in [4.78, 5) is -0.139. The van der Waals surface area contributed by atoms with Gasteiger partial charge in [0.15, 0.2) is 0 Å². The van der Waals surface area contributed by atoms with Gasteiger partial charge in [-0.2, -0.15) is 13.2 Å². The minimum absolute atomic E-state index is 0.139. The molecule has 1 aromatic heterocycles. The Morgan fingerprint density at radius 2 is 1.75 bits per heavy atom. The van der Waals surface area contributed by atoms with Gasteiger partial charge in [0, 0.05) is 4.88 Å². The maximum atomic E-state index is 13.3. The number of benzene rings is 1. The Kier molecular flexibility index (Phi) is 4.01. The third-order valence-corrected chi connectivity index (χ3v) is 3.98. The van der Waals surface area contributed by atoms with E-state index in [1.54, 1.807) is 37.3 Å². The zero-order chi connectivity index (χ0) is 14.8. The monoisotopic (exact) mass is 298 g/mol. The molecule has 1 heterocycles. The van der Waals surface area contributed by atoms with Crippen LogP contribution in [0.4, 0.5) is 13.2 Å². The van der Waals surface area contributed by atoms with E-state index in [4.69, 9.17) is 0 Å². The molecule has 2 aromatic rings. The van der Waals surface area contributed by atoms with Gasteiger partial charge in [-0.3, -0.25) is 0 Å². The lowest BCUT2D eigenvalue weighted by molar-refractivity contribution is -0.243. The molecule has 5 heteroatoms. The summed E-state index contributed by atoms with van der Waals surface area (Å²) in [6.45, 7) is 1.56. The van der Waals surface area contributed by atoms with Crippen molar-refractivity contribution in [2.75, 3.05) is 0 Å². The normalized spacial score (nSPS) is 15.9. The van der Waals surface area contributed by atoms with E-state index in [0.717, 1.165) is 17.4 Å². The average molecular weight is 298 g/mol. The molecule has 0 radical (unpaired) electrons. The Hall–Kier alpha value is -1.59. The Balaban J connectivity index is 2.50. The van der Waals surface area contributed by atoms with E-state index >= 15 is 0 Å². The number of halogens is 3. The second-order valence-corrected chi connectivity index (χ2v) is 5.38. The minimum atomic E-state index is -4.77. The van der Waals surface area contributed by atoms with Crippen LogP contribution < -0.4 is 0 Å². The Bertz CT molecular complexity index is 587. The predicted octanol–water partition coefficient (Wildman–Crippen LogP) is 4.60. The van der Waals surface area contributed by atoms with Gasteiger partial charge in [-0.15, -0.1) is 11.3 Å². The molecular weight excluding hydrogens is 285 g/mol. The van der Waals surface area contributed by atoms with E-state index in [0.29, 0.717) is 11.1 Å². The first-order valence-corrected chi connectivity index (χ1v) is 6.80. The van der Waals surface area contributed by atoms with E-state index in [1.165, 1.54) is 17.5 Å². The number of hydrogen-bond donors (Lipinski definition) is 1. The Morgan fingerprint density at radius 3 is 2.25 bits per heavy atom. The van der Waals surface area contributed by atoms with Gasteiger partial charge < -0.3 is 5.11 Å². The van der Waals surface area contributed by atoms with Crippen LogP contribution in [0.3, 0.4) is 0 Å². The van der Waals surface area contributed by atoms with Crippen LogP contribution in [0.1, 0.15) is 17.4 Å². The van der Waals surface area contributed by atoms with Gasteiger partial charge in [-0.25, -0.2) is 0 Å². The fourth-order valence-corrected chi connectivity index (χ4v) is 2.70. The highest BCUT2D eigenvalue weighted by molar-refractivity contribution is 7.10. The van der Waals surface area contributed by atoms with Gasteiger partial charge in [0.1, 0.15) is 0 Å². The molecule has 0 amide bonds. The van der Waals surface area contributed by atoms with E-state index in [-0.39, 0.29) is 4.88 Å². The molecule has 0 bridgehead atoms. The lowest BCUT2D eigenvalue weighted by Gasteiger charge is -2.27. The Labute approximate surface area is 119 Å². The van der Waals surface area contributed by atoms with Crippen molar-refractivity contribution in [3.05, 3.63) is 64.4 Å². The molecule has 1 nitrogen and oxygen atoms in total. The summed E-state index contributed by atoms with van der Waals surface area (Å²) in [5, 5.41) is 11.7. The molecule has 0 fully saturated rings. The largest absolute Gasteiger partial charge is 0.425 e. The van der Waals surface area contributed by atoms with Crippen molar-refractivity contribution in [1.29, 1.82) is 0 Å². The summed E-state index contributed by atoms with van der Waals surface area (Å²) in [5.74, 6) is 0. The lowest BCUT2D eigenvalue weighted by Crippen LogP contribution is -2.40. The molecule has 1 atom stereocenters. The third kappa shape index (κ3) is 2.78. The fraction of sp³-hybridized carbons (Fsp3) is 0.200. The molecule has 0 aliphatic rings. The first-order valence-electron chi connectivity index (χ1n) is 5.92. The smallest absolute Gasteiger partial charge is 0.372 e. The lowest BCUT2D eigenvalue weighted by atomic mass is 9.95. The third-order valence-electron chi connectivity index (χ3n) is 2.98. The van der Waals surface area contributed by atoms with E-state index in [9.17, 15) is 18.3 Å². The average Bonchev–Trinajstić information content (AvgIpc) is 2.92. The number of thiophene rings is 1. The van der Waals surface area contributed by atoms with Gasteiger partial charge in [-0.05, 0) is 35.6 Å². The summed E-state index contributed by atoms with van der Waals surface area (Å²) in [6, 6.07) is 11.4. The van der Waals surface area contributed by atoms with Crippen LogP contribution in [0.15, 0.2) is 53.9 Å². The minimum Gasteiger partial charge on any atom is -0.372 e. The molecular formula is C15H13F3OS. The van der Waals surface area contributed by atoms with Gasteiger partial charge in [0.25, 0.3) is 0 Å². The van der Waals surface area contributed by atoms with Crippen LogP contribution in [0, 0.1) is 0 Å². The summed E-state index contributed by atoms with van der Waals surface area (Å²) < 4.78 is 39.8. The predicted molar refractivity (Wildman–Crippen MR) is 74.4 cm³/mol. The maximum Gasteiger partial charge on any atom is 0.425 e. The zero-order valence-electron chi connectivity index (χ0n) is 10.7. The molecule has 0 saturated carbocycles.